The van der Waals surface area contributed by atoms with Gasteiger partial charge in [0.1, 0.15) is 18.1 Å². The number of hydrogen-bond acceptors (Lipinski definition) is 5. The lowest BCUT2D eigenvalue weighted by Gasteiger charge is -2.15. The predicted molar refractivity (Wildman–Crippen MR) is 101 cm³/mol. The molecule has 0 saturated heterocycles. The highest BCUT2D eigenvalue weighted by Gasteiger charge is 2.15. The summed E-state index contributed by atoms with van der Waals surface area (Å²) in [6, 6.07) is 8.90. The van der Waals surface area contributed by atoms with Gasteiger partial charge in [-0.15, -0.1) is 11.8 Å². The van der Waals surface area contributed by atoms with E-state index in [0.717, 1.165) is 22.4 Å². The molecule has 0 unspecified atom stereocenters. The van der Waals surface area contributed by atoms with E-state index in [-0.39, 0.29) is 6.61 Å². The van der Waals surface area contributed by atoms with Gasteiger partial charge in [-0.05, 0) is 36.4 Å². The van der Waals surface area contributed by atoms with Gasteiger partial charge in [-0.25, -0.2) is 4.79 Å². The van der Waals surface area contributed by atoms with E-state index in [0.29, 0.717) is 21.5 Å². The Kier molecular flexibility index (Phi) is 7.29. The van der Waals surface area contributed by atoms with E-state index in [4.69, 9.17) is 32.7 Å². The van der Waals surface area contributed by atoms with Crippen LogP contribution in [0.1, 0.15) is 18.1 Å². The molecule has 0 amide bonds. The van der Waals surface area contributed by atoms with Crippen molar-refractivity contribution in [3.63, 3.8) is 0 Å². The third kappa shape index (κ3) is 4.97. The van der Waals surface area contributed by atoms with Crippen LogP contribution in [0, 0.1) is 0 Å². The first-order valence-electron chi connectivity index (χ1n) is 7.52. The van der Waals surface area contributed by atoms with Crippen molar-refractivity contribution in [2.75, 3.05) is 13.4 Å². The van der Waals surface area contributed by atoms with Crippen LogP contribution in [-0.2, 0) is 17.8 Å². The molecule has 0 aliphatic carbocycles. The number of carbonyl (C=O) groups is 1. The van der Waals surface area contributed by atoms with Crippen molar-refractivity contribution in [3.05, 3.63) is 51.5 Å². The lowest BCUT2D eigenvalue weighted by Crippen LogP contribution is -2.10. The van der Waals surface area contributed by atoms with E-state index in [2.05, 4.69) is 4.74 Å². The third-order valence-electron chi connectivity index (χ3n) is 3.52. The molecule has 7 heteroatoms. The molecule has 0 spiro atoms. The Balaban J connectivity index is 2.28. The second kappa shape index (κ2) is 9.22. The number of aryl methyl sites for hydroxylation is 1. The van der Waals surface area contributed by atoms with Crippen LogP contribution in [0.5, 0.6) is 11.5 Å². The predicted octanol–water partition coefficient (Wildman–Crippen LogP) is 6.00. The Hall–Kier alpha value is -1.56. The van der Waals surface area contributed by atoms with Gasteiger partial charge in [-0.1, -0.05) is 36.2 Å². The number of hydrogen-bond donors (Lipinski definition) is 0. The van der Waals surface area contributed by atoms with Gasteiger partial charge >= 0.3 is 6.16 Å². The highest BCUT2D eigenvalue weighted by atomic mass is 35.5. The molecule has 0 aliphatic rings. The molecule has 0 saturated carbocycles. The normalized spacial score (nSPS) is 10.4. The van der Waals surface area contributed by atoms with Crippen LogP contribution in [0.15, 0.2) is 35.2 Å². The third-order valence-corrected chi connectivity index (χ3v) is 4.99. The molecular weight excluding hydrogens is 383 g/mol. The van der Waals surface area contributed by atoms with Gasteiger partial charge in [0.25, 0.3) is 0 Å². The standard InChI is InChI=1S/C18H18Cl2O4S/c1-4-11-8-14(20)16(9-13(11)19)23-10-12-15(24-18(21)22-2)6-5-7-17(12)25-3/h5-9H,4,10H2,1-3H3. The van der Waals surface area contributed by atoms with E-state index in [1.165, 1.54) is 18.9 Å². The van der Waals surface area contributed by atoms with Gasteiger partial charge in [0.05, 0.1) is 12.1 Å². The summed E-state index contributed by atoms with van der Waals surface area (Å²) in [5.41, 5.74) is 1.69. The second-order valence-electron chi connectivity index (χ2n) is 5.01. The summed E-state index contributed by atoms with van der Waals surface area (Å²) < 4.78 is 15.6. The Morgan fingerprint density at radius 1 is 1.16 bits per heavy atom. The van der Waals surface area contributed by atoms with Gasteiger partial charge in [-0.3, -0.25) is 0 Å². The molecule has 2 aromatic rings. The summed E-state index contributed by atoms with van der Waals surface area (Å²) in [7, 11) is 1.26. The summed E-state index contributed by atoms with van der Waals surface area (Å²) in [5, 5.41) is 1.09. The van der Waals surface area contributed by atoms with Crippen LogP contribution >= 0.6 is 35.0 Å². The molecule has 0 radical (unpaired) electrons. The monoisotopic (exact) mass is 400 g/mol. The van der Waals surface area contributed by atoms with Crippen molar-refractivity contribution in [1.82, 2.24) is 0 Å². The molecule has 134 valence electrons. The van der Waals surface area contributed by atoms with Crippen LogP contribution < -0.4 is 9.47 Å². The van der Waals surface area contributed by atoms with Crippen molar-refractivity contribution in [2.24, 2.45) is 0 Å². The van der Waals surface area contributed by atoms with Crippen LogP contribution in [0.2, 0.25) is 10.0 Å². The Bertz CT molecular complexity index is 765. The maximum atomic E-state index is 11.4. The topological polar surface area (TPSA) is 44.8 Å². The summed E-state index contributed by atoms with van der Waals surface area (Å²) in [5.74, 6) is 0.856. The maximum Gasteiger partial charge on any atom is 0.513 e. The van der Waals surface area contributed by atoms with Gasteiger partial charge in [0, 0.05) is 21.5 Å². The molecule has 0 heterocycles. The van der Waals surface area contributed by atoms with Crippen molar-refractivity contribution in [3.8, 4) is 11.5 Å². The van der Waals surface area contributed by atoms with Crippen LogP contribution in [-0.4, -0.2) is 19.5 Å². The summed E-state index contributed by atoms with van der Waals surface area (Å²) in [6.45, 7) is 2.17. The molecule has 0 bridgehead atoms. The van der Waals surface area contributed by atoms with Crippen LogP contribution in [0.25, 0.3) is 0 Å². The van der Waals surface area contributed by atoms with E-state index < -0.39 is 6.16 Å². The fourth-order valence-corrected chi connectivity index (χ4v) is 3.36. The van der Waals surface area contributed by atoms with Crippen molar-refractivity contribution in [1.29, 1.82) is 0 Å². The maximum absolute atomic E-state index is 11.4. The number of carbonyl (C=O) groups excluding carboxylic acids is 1. The van der Waals surface area contributed by atoms with E-state index in [1.807, 2.05) is 19.2 Å². The fraction of sp³-hybridized carbons (Fsp3) is 0.278. The van der Waals surface area contributed by atoms with Gasteiger partial charge < -0.3 is 14.2 Å². The Morgan fingerprint density at radius 3 is 2.56 bits per heavy atom. The average molecular weight is 401 g/mol. The SMILES string of the molecule is CCc1cc(Cl)c(OCc2c(OC(=O)OC)cccc2SC)cc1Cl. The Labute approximate surface area is 161 Å². The smallest absolute Gasteiger partial charge is 0.487 e. The number of halogens is 2. The minimum atomic E-state index is -0.784. The highest BCUT2D eigenvalue weighted by molar-refractivity contribution is 7.98. The summed E-state index contributed by atoms with van der Waals surface area (Å²) >= 11 is 14.0. The quantitative estimate of drug-likeness (QED) is 0.337. The zero-order valence-corrected chi connectivity index (χ0v) is 16.4. The number of benzene rings is 2. The molecule has 0 aromatic heterocycles. The molecule has 0 fully saturated rings. The van der Waals surface area contributed by atoms with Crippen LogP contribution in [0.3, 0.4) is 0 Å². The van der Waals surface area contributed by atoms with Crippen LogP contribution in [0.4, 0.5) is 4.79 Å². The van der Waals surface area contributed by atoms with Gasteiger partial charge in [-0.2, -0.15) is 0 Å². The highest BCUT2D eigenvalue weighted by Crippen LogP contribution is 2.34. The molecule has 25 heavy (non-hydrogen) atoms. The molecule has 2 rings (SSSR count). The average Bonchev–Trinajstić information content (AvgIpc) is 2.62. The van der Waals surface area contributed by atoms with E-state index in [9.17, 15) is 4.79 Å². The minimum Gasteiger partial charge on any atom is -0.487 e. The first kappa shape index (κ1) is 19.8. The molecule has 0 atom stereocenters. The number of rotatable bonds is 6. The molecule has 2 aromatic carbocycles. The summed E-state index contributed by atoms with van der Waals surface area (Å²) in [6.07, 6.45) is 1.93. The minimum absolute atomic E-state index is 0.171. The largest absolute Gasteiger partial charge is 0.513 e. The van der Waals surface area contributed by atoms with E-state index >= 15 is 0 Å². The van der Waals surface area contributed by atoms with Crippen molar-refractivity contribution >= 4 is 41.1 Å². The number of ether oxygens (including phenoxy) is 3. The fourth-order valence-electron chi connectivity index (χ4n) is 2.21. The molecule has 4 nitrogen and oxygen atoms in total. The molecule has 0 aliphatic heterocycles. The number of methoxy groups -OCH3 is 1. The lowest BCUT2D eigenvalue weighted by molar-refractivity contribution is 0.120. The van der Waals surface area contributed by atoms with Crippen molar-refractivity contribution in [2.45, 2.75) is 24.8 Å². The molecule has 0 N–H and O–H groups in total. The van der Waals surface area contributed by atoms with Gasteiger partial charge in [0.2, 0.25) is 0 Å². The zero-order valence-electron chi connectivity index (χ0n) is 14.1. The Morgan fingerprint density at radius 2 is 1.92 bits per heavy atom. The van der Waals surface area contributed by atoms with Gasteiger partial charge in [0.15, 0.2) is 0 Å². The lowest BCUT2D eigenvalue weighted by atomic mass is 10.1. The first-order chi connectivity index (χ1) is 12.0. The second-order valence-corrected chi connectivity index (χ2v) is 6.67. The van der Waals surface area contributed by atoms with Crippen molar-refractivity contribution < 1.29 is 19.0 Å². The molecular formula is C18H18Cl2O4S. The number of thioether (sulfide) groups is 1. The summed E-state index contributed by atoms with van der Waals surface area (Å²) in [4.78, 5) is 12.4. The first-order valence-corrected chi connectivity index (χ1v) is 9.50. The zero-order chi connectivity index (χ0) is 18.4. The van der Waals surface area contributed by atoms with E-state index in [1.54, 1.807) is 24.3 Å².